The van der Waals surface area contributed by atoms with Crippen LogP contribution in [0.1, 0.15) is 30.8 Å². The van der Waals surface area contributed by atoms with Gasteiger partial charge in [0, 0.05) is 5.75 Å². The van der Waals surface area contributed by atoms with Crippen molar-refractivity contribution < 1.29 is 9.47 Å². The first-order valence-corrected chi connectivity index (χ1v) is 10.2. The van der Waals surface area contributed by atoms with Crippen molar-refractivity contribution in [2.75, 3.05) is 13.2 Å². The fourth-order valence-corrected chi connectivity index (χ4v) is 3.44. The summed E-state index contributed by atoms with van der Waals surface area (Å²) in [5.41, 5.74) is 2.15. The molecule has 0 atom stereocenters. The molecule has 0 aliphatic rings. The molecule has 28 heavy (non-hydrogen) atoms. The molecule has 0 aliphatic carbocycles. The van der Waals surface area contributed by atoms with Gasteiger partial charge in [-0.25, -0.2) is 0 Å². The van der Waals surface area contributed by atoms with E-state index in [0.29, 0.717) is 19.0 Å². The summed E-state index contributed by atoms with van der Waals surface area (Å²) in [4.78, 5) is 0. The van der Waals surface area contributed by atoms with E-state index >= 15 is 0 Å². The molecule has 0 amide bonds. The zero-order chi connectivity index (χ0) is 19.8. The first-order valence-electron chi connectivity index (χ1n) is 9.24. The van der Waals surface area contributed by atoms with Crippen LogP contribution in [0.25, 0.3) is 0 Å². The second kappa shape index (κ2) is 9.94. The van der Waals surface area contributed by atoms with Gasteiger partial charge in [-0.15, -0.1) is 10.2 Å². The molecule has 1 heterocycles. The highest BCUT2D eigenvalue weighted by Gasteiger charge is 2.09. The van der Waals surface area contributed by atoms with E-state index in [1.165, 1.54) is 5.56 Å². The van der Waals surface area contributed by atoms with E-state index in [-0.39, 0.29) is 0 Å². The molecule has 0 saturated carbocycles. The summed E-state index contributed by atoms with van der Waals surface area (Å²) < 4.78 is 13.0. The minimum absolute atomic E-state index is 0.575. The van der Waals surface area contributed by atoms with Gasteiger partial charge in [0.2, 0.25) is 5.16 Å². The predicted molar refractivity (Wildman–Crippen MR) is 113 cm³/mol. The van der Waals surface area contributed by atoms with Crippen LogP contribution in [0, 0.1) is 6.92 Å². The smallest absolute Gasteiger partial charge is 0.212 e. The van der Waals surface area contributed by atoms with E-state index in [0.717, 1.165) is 28.0 Å². The lowest BCUT2D eigenvalue weighted by molar-refractivity contribution is 0.288. The van der Waals surface area contributed by atoms with Crippen LogP contribution in [-0.2, 0) is 5.75 Å². The van der Waals surface area contributed by atoms with Crippen molar-refractivity contribution in [1.82, 2.24) is 14.9 Å². The summed E-state index contributed by atoms with van der Waals surface area (Å²) in [6.07, 6.45) is 1.78. The van der Waals surface area contributed by atoms with Crippen molar-refractivity contribution in [2.24, 2.45) is 5.10 Å². The van der Waals surface area contributed by atoms with Crippen LogP contribution in [-0.4, -0.2) is 34.3 Å². The van der Waals surface area contributed by atoms with Gasteiger partial charge >= 0.3 is 0 Å². The lowest BCUT2D eigenvalue weighted by Gasteiger charge is -2.11. The molecule has 7 heteroatoms. The highest BCUT2D eigenvalue weighted by Crippen LogP contribution is 2.28. The molecule has 0 saturated heterocycles. The van der Waals surface area contributed by atoms with Gasteiger partial charge in [0.15, 0.2) is 17.3 Å². The highest BCUT2D eigenvalue weighted by molar-refractivity contribution is 7.98. The van der Waals surface area contributed by atoms with Crippen LogP contribution in [0.3, 0.4) is 0 Å². The third-order valence-corrected chi connectivity index (χ3v) is 4.86. The summed E-state index contributed by atoms with van der Waals surface area (Å²) in [5.74, 6) is 3.00. The average Bonchev–Trinajstić information content (AvgIpc) is 3.07. The quantitative estimate of drug-likeness (QED) is 0.392. The van der Waals surface area contributed by atoms with Crippen molar-refractivity contribution in [1.29, 1.82) is 0 Å². The molecule has 0 aliphatic heterocycles. The molecule has 1 aromatic heterocycles. The number of nitrogens with zero attached hydrogens (tertiary/aromatic N) is 4. The van der Waals surface area contributed by atoms with Gasteiger partial charge < -0.3 is 9.47 Å². The van der Waals surface area contributed by atoms with Crippen molar-refractivity contribution in [3.63, 3.8) is 0 Å². The molecular weight excluding hydrogens is 372 g/mol. The van der Waals surface area contributed by atoms with Gasteiger partial charge in [-0.05, 0) is 50.1 Å². The van der Waals surface area contributed by atoms with E-state index in [9.17, 15) is 0 Å². The minimum atomic E-state index is 0.575. The lowest BCUT2D eigenvalue weighted by atomic mass is 10.2. The van der Waals surface area contributed by atoms with E-state index in [1.807, 2.05) is 57.2 Å². The van der Waals surface area contributed by atoms with Gasteiger partial charge in [0.1, 0.15) is 0 Å². The molecular formula is C21H24N4O2S. The number of benzene rings is 2. The Morgan fingerprint density at radius 2 is 1.75 bits per heavy atom. The fourth-order valence-electron chi connectivity index (χ4n) is 2.56. The monoisotopic (exact) mass is 396 g/mol. The first kappa shape index (κ1) is 19.9. The van der Waals surface area contributed by atoms with Crippen molar-refractivity contribution in [3.05, 3.63) is 65.5 Å². The van der Waals surface area contributed by atoms with Gasteiger partial charge in [0.25, 0.3) is 0 Å². The Kier molecular flexibility index (Phi) is 7.08. The zero-order valence-electron chi connectivity index (χ0n) is 16.3. The summed E-state index contributed by atoms with van der Waals surface area (Å²) in [6.45, 7) is 6.96. The maximum atomic E-state index is 5.68. The molecule has 0 N–H and O–H groups in total. The summed E-state index contributed by atoms with van der Waals surface area (Å²) in [5, 5.41) is 13.7. The summed E-state index contributed by atoms with van der Waals surface area (Å²) in [7, 11) is 0. The Bertz CT molecular complexity index is 925. The molecule has 0 spiro atoms. The van der Waals surface area contributed by atoms with Crippen molar-refractivity contribution in [3.8, 4) is 11.5 Å². The largest absolute Gasteiger partial charge is 0.490 e. The normalized spacial score (nSPS) is 11.1. The number of aromatic nitrogens is 3. The molecule has 0 radical (unpaired) electrons. The number of aryl methyl sites for hydroxylation is 1. The van der Waals surface area contributed by atoms with Crippen LogP contribution in [0.2, 0.25) is 0 Å². The third-order valence-electron chi connectivity index (χ3n) is 3.87. The van der Waals surface area contributed by atoms with Crippen LogP contribution < -0.4 is 9.47 Å². The molecule has 0 fully saturated rings. The number of rotatable bonds is 9. The Labute approximate surface area is 169 Å². The maximum absolute atomic E-state index is 5.68. The molecule has 3 aromatic rings. The minimum Gasteiger partial charge on any atom is -0.490 e. The van der Waals surface area contributed by atoms with Crippen LogP contribution in [0.15, 0.2) is 58.8 Å². The molecule has 6 nitrogen and oxygen atoms in total. The molecule has 2 aromatic carbocycles. The van der Waals surface area contributed by atoms with Crippen molar-refractivity contribution in [2.45, 2.75) is 31.7 Å². The summed E-state index contributed by atoms with van der Waals surface area (Å²) >= 11 is 1.61. The second-order valence-corrected chi connectivity index (χ2v) is 6.88. The Hall–Kier alpha value is -2.80. The van der Waals surface area contributed by atoms with E-state index < -0.39 is 0 Å². The SMILES string of the molecule is CCOc1ccc(/C=N\n2c(C)nnc2SCc2ccccc2)cc1OCC. The second-order valence-electron chi connectivity index (χ2n) is 5.93. The van der Waals surface area contributed by atoms with Gasteiger partial charge in [-0.1, -0.05) is 42.1 Å². The Morgan fingerprint density at radius 3 is 2.50 bits per heavy atom. The highest BCUT2D eigenvalue weighted by atomic mass is 32.2. The average molecular weight is 397 g/mol. The number of hydrogen-bond acceptors (Lipinski definition) is 6. The topological polar surface area (TPSA) is 61.5 Å². The van der Waals surface area contributed by atoms with Crippen LogP contribution >= 0.6 is 11.8 Å². The van der Waals surface area contributed by atoms with E-state index in [2.05, 4.69) is 27.4 Å². The van der Waals surface area contributed by atoms with Gasteiger partial charge in [-0.2, -0.15) is 9.78 Å². The molecule has 146 valence electrons. The van der Waals surface area contributed by atoms with Crippen LogP contribution in [0.5, 0.6) is 11.5 Å². The Morgan fingerprint density at radius 1 is 1.00 bits per heavy atom. The first-order chi connectivity index (χ1) is 13.7. The van der Waals surface area contributed by atoms with E-state index in [1.54, 1.807) is 22.7 Å². The Balaban J connectivity index is 1.77. The number of ether oxygens (including phenoxy) is 2. The third kappa shape index (κ3) is 5.13. The summed E-state index contributed by atoms with van der Waals surface area (Å²) in [6, 6.07) is 16.1. The fraction of sp³-hybridized carbons (Fsp3) is 0.286. The maximum Gasteiger partial charge on any atom is 0.212 e. The zero-order valence-corrected chi connectivity index (χ0v) is 17.1. The number of hydrogen-bond donors (Lipinski definition) is 0. The molecule has 0 unspecified atom stereocenters. The lowest BCUT2D eigenvalue weighted by Crippen LogP contribution is -2.00. The number of thioether (sulfide) groups is 1. The molecule has 0 bridgehead atoms. The van der Waals surface area contributed by atoms with Crippen LogP contribution in [0.4, 0.5) is 0 Å². The van der Waals surface area contributed by atoms with E-state index in [4.69, 9.17) is 9.47 Å². The van der Waals surface area contributed by atoms with Crippen molar-refractivity contribution >= 4 is 18.0 Å². The van der Waals surface area contributed by atoms with Gasteiger partial charge in [0.05, 0.1) is 19.4 Å². The standard InChI is InChI=1S/C21H24N4O2S/c1-4-26-19-12-11-18(13-20(19)27-5-2)14-22-25-16(3)23-24-21(25)28-15-17-9-7-6-8-10-17/h6-14H,4-5,15H2,1-3H3/b22-14-. The van der Waals surface area contributed by atoms with Gasteiger partial charge in [-0.3, -0.25) is 0 Å². The molecule has 3 rings (SSSR count). The predicted octanol–water partition coefficient (Wildman–Crippen LogP) is 4.56.